The lowest BCUT2D eigenvalue weighted by atomic mass is 9.92. The van der Waals surface area contributed by atoms with Gasteiger partial charge in [0.05, 0.1) is 19.6 Å². The number of methoxy groups -OCH3 is 1. The van der Waals surface area contributed by atoms with E-state index in [0.717, 1.165) is 30.5 Å². The van der Waals surface area contributed by atoms with Crippen molar-refractivity contribution in [3.8, 4) is 11.5 Å². The quantitative estimate of drug-likeness (QED) is 0.381. The number of ether oxygens (including phenoxy) is 2. The number of nitrogens with zero attached hydrogens (tertiary/aromatic N) is 2. The summed E-state index contributed by atoms with van der Waals surface area (Å²) in [6.07, 6.45) is 2.80. The number of carboxylic acid groups (broad SMARTS) is 1. The lowest BCUT2D eigenvalue weighted by Crippen LogP contribution is -2.37. The zero-order valence-electron chi connectivity index (χ0n) is 21.2. The Morgan fingerprint density at radius 3 is 2.38 bits per heavy atom. The molecule has 2 atom stereocenters. The number of carbonyl (C=O) groups excluding carboxylic acids is 2. The molecule has 2 aromatic carbocycles. The van der Waals surface area contributed by atoms with E-state index >= 15 is 0 Å². The van der Waals surface area contributed by atoms with Gasteiger partial charge in [-0.2, -0.15) is 0 Å². The maximum Gasteiger partial charge on any atom is 0.308 e. The van der Waals surface area contributed by atoms with Crippen molar-refractivity contribution < 1.29 is 29.0 Å². The monoisotopic (exact) mass is 528 g/mol. The Bertz CT molecular complexity index is 1120. The van der Waals surface area contributed by atoms with E-state index in [4.69, 9.17) is 21.1 Å². The highest BCUT2D eigenvalue weighted by atomic mass is 35.5. The standard InChI is InChI=1S/C28H33ClN2O6/c1-18(28(34)35)27(21-6-8-22(29)9-7-21)30(16-19-3-4-19)17-20-5-10-23(24(15-20)36-2)37-14-13-31-25(32)11-12-26(31)33/h5-10,15,18-19,27H,3-4,11-14,16-17H2,1-2H3,(H,34,35). The van der Waals surface area contributed by atoms with Crippen molar-refractivity contribution in [3.63, 3.8) is 0 Å². The van der Waals surface area contributed by atoms with E-state index in [1.54, 1.807) is 26.2 Å². The lowest BCUT2D eigenvalue weighted by molar-refractivity contribution is -0.144. The van der Waals surface area contributed by atoms with E-state index in [0.29, 0.717) is 29.0 Å². The minimum atomic E-state index is -0.850. The van der Waals surface area contributed by atoms with Crippen LogP contribution in [0.3, 0.4) is 0 Å². The van der Waals surface area contributed by atoms with Crippen LogP contribution in [-0.4, -0.2) is 59.5 Å². The van der Waals surface area contributed by atoms with Gasteiger partial charge in [-0.1, -0.05) is 36.7 Å². The molecule has 1 heterocycles. The number of halogens is 1. The molecule has 4 rings (SSSR count). The Morgan fingerprint density at radius 2 is 1.78 bits per heavy atom. The minimum absolute atomic E-state index is 0.169. The molecule has 2 aliphatic rings. The zero-order valence-corrected chi connectivity index (χ0v) is 21.9. The van der Waals surface area contributed by atoms with E-state index < -0.39 is 11.9 Å². The van der Waals surface area contributed by atoms with Gasteiger partial charge in [-0.3, -0.25) is 24.2 Å². The van der Waals surface area contributed by atoms with Crippen LogP contribution in [0.1, 0.15) is 49.8 Å². The zero-order chi connectivity index (χ0) is 26.5. The van der Waals surface area contributed by atoms with E-state index in [2.05, 4.69) is 4.90 Å². The first kappa shape index (κ1) is 26.9. The summed E-state index contributed by atoms with van der Waals surface area (Å²) in [6.45, 7) is 3.45. The highest BCUT2D eigenvalue weighted by Crippen LogP contribution is 2.38. The first-order valence-electron chi connectivity index (χ1n) is 12.6. The number of benzene rings is 2. The summed E-state index contributed by atoms with van der Waals surface area (Å²) in [5.74, 6) is -0.201. The van der Waals surface area contributed by atoms with Crippen LogP contribution in [-0.2, 0) is 20.9 Å². The number of aliphatic carboxylic acids is 1. The van der Waals surface area contributed by atoms with Crippen LogP contribution in [0.5, 0.6) is 11.5 Å². The molecule has 2 amide bonds. The summed E-state index contributed by atoms with van der Waals surface area (Å²) in [5.41, 5.74) is 1.88. The first-order valence-corrected chi connectivity index (χ1v) is 13.0. The molecular formula is C28H33ClN2O6. The van der Waals surface area contributed by atoms with Crippen molar-refractivity contribution in [2.45, 2.75) is 45.2 Å². The van der Waals surface area contributed by atoms with Gasteiger partial charge in [0.15, 0.2) is 11.5 Å². The second-order valence-corrected chi connectivity index (χ2v) is 10.2. The number of rotatable bonds is 13. The predicted octanol–water partition coefficient (Wildman–Crippen LogP) is 4.55. The fraction of sp³-hybridized carbons (Fsp3) is 0.464. The van der Waals surface area contributed by atoms with Crippen molar-refractivity contribution in [3.05, 3.63) is 58.6 Å². The molecule has 1 saturated carbocycles. The summed E-state index contributed by atoms with van der Waals surface area (Å²) < 4.78 is 11.4. The van der Waals surface area contributed by atoms with Gasteiger partial charge in [0.2, 0.25) is 11.8 Å². The lowest BCUT2D eigenvalue weighted by Gasteiger charge is -2.35. The van der Waals surface area contributed by atoms with Crippen LogP contribution < -0.4 is 9.47 Å². The van der Waals surface area contributed by atoms with E-state index in [-0.39, 0.29) is 43.8 Å². The molecule has 198 valence electrons. The Kier molecular flexibility index (Phi) is 8.71. The third-order valence-electron chi connectivity index (χ3n) is 7.00. The second-order valence-electron chi connectivity index (χ2n) is 9.77. The first-order chi connectivity index (χ1) is 17.8. The van der Waals surface area contributed by atoms with E-state index in [1.165, 1.54) is 4.90 Å². The summed E-state index contributed by atoms with van der Waals surface area (Å²) in [5, 5.41) is 10.5. The molecule has 1 aliphatic heterocycles. The third kappa shape index (κ3) is 6.81. The summed E-state index contributed by atoms with van der Waals surface area (Å²) in [4.78, 5) is 39.2. The summed E-state index contributed by atoms with van der Waals surface area (Å²) in [6, 6.07) is 12.7. The Hall–Kier alpha value is -3.10. The molecule has 8 nitrogen and oxygen atoms in total. The van der Waals surface area contributed by atoms with Crippen molar-refractivity contribution in [1.82, 2.24) is 9.80 Å². The molecule has 1 aliphatic carbocycles. The molecule has 0 radical (unpaired) electrons. The van der Waals surface area contributed by atoms with Crippen LogP contribution in [0.25, 0.3) is 0 Å². The second kappa shape index (κ2) is 12.0. The van der Waals surface area contributed by atoms with Gasteiger partial charge in [-0.25, -0.2) is 0 Å². The number of amides is 2. The van der Waals surface area contributed by atoms with Gasteiger partial charge in [-0.05, 0) is 54.2 Å². The maximum absolute atomic E-state index is 12.1. The highest BCUT2D eigenvalue weighted by Gasteiger charge is 2.35. The van der Waals surface area contributed by atoms with Crippen LogP contribution >= 0.6 is 11.6 Å². The van der Waals surface area contributed by atoms with Gasteiger partial charge in [0.1, 0.15) is 6.61 Å². The predicted molar refractivity (Wildman–Crippen MR) is 139 cm³/mol. The van der Waals surface area contributed by atoms with Crippen LogP contribution in [0.15, 0.2) is 42.5 Å². The molecule has 2 aromatic rings. The Labute approximate surface area is 222 Å². The molecule has 1 saturated heterocycles. The Balaban J connectivity index is 1.51. The number of hydrogen-bond donors (Lipinski definition) is 1. The average molecular weight is 529 g/mol. The van der Waals surface area contributed by atoms with Crippen LogP contribution in [0.4, 0.5) is 0 Å². The smallest absolute Gasteiger partial charge is 0.308 e. The molecule has 9 heteroatoms. The van der Waals surface area contributed by atoms with Crippen LogP contribution in [0, 0.1) is 11.8 Å². The number of likely N-dealkylation sites (tertiary alicyclic amines) is 1. The van der Waals surface area contributed by atoms with Gasteiger partial charge in [0, 0.05) is 37.0 Å². The SMILES string of the molecule is COc1cc(CN(CC2CC2)C(c2ccc(Cl)cc2)C(C)C(=O)O)ccc1OCCN1C(=O)CCC1=O. The number of carbonyl (C=O) groups is 3. The molecule has 0 aromatic heterocycles. The van der Waals surface area contributed by atoms with Gasteiger partial charge < -0.3 is 14.6 Å². The molecular weight excluding hydrogens is 496 g/mol. The Morgan fingerprint density at radius 1 is 1.11 bits per heavy atom. The fourth-order valence-corrected chi connectivity index (χ4v) is 4.93. The number of imide groups is 1. The van der Waals surface area contributed by atoms with Gasteiger partial charge in [0.25, 0.3) is 0 Å². The van der Waals surface area contributed by atoms with Crippen molar-refractivity contribution in [2.75, 3.05) is 26.8 Å². The summed E-state index contributed by atoms with van der Waals surface area (Å²) in [7, 11) is 1.56. The van der Waals surface area contributed by atoms with Crippen molar-refractivity contribution in [1.29, 1.82) is 0 Å². The minimum Gasteiger partial charge on any atom is -0.493 e. The summed E-state index contributed by atoms with van der Waals surface area (Å²) >= 11 is 6.11. The number of hydrogen-bond acceptors (Lipinski definition) is 6. The van der Waals surface area contributed by atoms with E-state index in [1.807, 2.05) is 30.3 Å². The molecule has 0 spiro atoms. The molecule has 37 heavy (non-hydrogen) atoms. The van der Waals surface area contributed by atoms with E-state index in [9.17, 15) is 19.5 Å². The highest BCUT2D eigenvalue weighted by molar-refractivity contribution is 6.30. The van der Waals surface area contributed by atoms with Crippen molar-refractivity contribution >= 4 is 29.4 Å². The largest absolute Gasteiger partial charge is 0.493 e. The van der Waals surface area contributed by atoms with Gasteiger partial charge >= 0.3 is 5.97 Å². The van der Waals surface area contributed by atoms with Gasteiger partial charge in [-0.15, -0.1) is 0 Å². The normalized spacial score (nSPS) is 17.2. The average Bonchev–Trinajstić information content (AvgIpc) is 3.64. The number of carboxylic acids is 1. The maximum atomic E-state index is 12.1. The molecule has 0 bridgehead atoms. The topological polar surface area (TPSA) is 96.4 Å². The van der Waals surface area contributed by atoms with Crippen LogP contribution in [0.2, 0.25) is 5.02 Å². The molecule has 1 N–H and O–H groups in total. The molecule has 2 unspecified atom stereocenters. The third-order valence-corrected chi connectivity index (χ3v) is 7.25. The molecule has 2 fully saturated rings. The van der Waals surface area contributed by atoms with Crippen molar-refractivity contribution in [2.24, 2.45) is 11.8 Å². The fourth-order valence-electron chi connectivity index (χ4n) is 4.80.